The van der Waals surface area contributed by atoms with E-state index in [-0.39, 0.29) is 0 Å². The van der Waals surface area contributed by atoms with Crippen LogP contribution in [0.25, 0.3) is 0 Å². The first-order valence-electron chi connectivity index (χ1n) is 7.71. The van der Waals surface area contributed by atoms with Gasteiger partial charge in [-0.1, -0.05) is 0 Å². The molecule has 2 aromatic rings. The van der Waals surface area contributed by atoms with Crippen molar-refractivity contribution in [1.82, 2.24) is 19.6 Å². The molecular weight excluding hydrogens is 262 g/mol. The second-order valence-corrected chi connectivity index (χ2v) is 6.02. The molecule has 2 aromatic heterocycles. The molecule has 0 unspecified atom stereocenters. The van der Waals surface area contributed by atoms with E-state index in [4.69, 9.17) is 5.73 Å². The predicted molar refractivity (Wildman–Crippen MR) is 85.2 cm³/mol. The Morgan fingerprint density at radius 3 is 1.76 bits per heavy atom. The fourth-order valence-electron chi connectivity index (χ4n) is 2.86. The molecular formula is C16H27N5. The zero-order valence-corrected chi connectivity index (χ0v) is 13.6. The summed E-state index contributed by atoms with van der Waals surface area (Å²) in [6.07, 6.45) is 2.15. The first kappa shape index (κ1) is 15.8. The molecule has 0 aromatic carbocycles. The number of aryl methyl sites for hydroxylation is 4. The topological polar surface area (TPSA) is 61.7 Å². The highest BCUT2D eigenvalue weighted by molar-refractivity contribution is 5.07. The lowest BCUT2D eigenvalue weighted by Gasteiger charge is -2.18. The molecule has 2 rings (SSSR count). The average molecular weight is 289 g/mol. The van der Waals surface area contributed by atoms with Crippen molar-refractivity contribution in [2.24, 2.45) is 11.7 Å². The molecule has 0 amide bonds. The molecule has 2 N–H and O–H groups in total. The third-order valence-electron chi connectivity index (χ3n) is 3.89. The fourth-order valence-corrected chi connectivity index (χ4v) is 2.86. The molecule has 5 heteroatoms. The largest absolute Gasteiger partial charge is 0.330 e. The van der Waals surface area contributed by atoms with Gasteiger partial charge in [-0.05, 0) is 65.1 Å². The quantitative estimate of drug-likeness (QED) is 0.851. The van der Waals surface area contributed by atoms with Gasteiger partial charge in [0.15, 0.2) is 0 Å². The molecule has 0 saturated carbocycles. The smallest absolute Gasteiger partial charge is 0.0596 e. The van der Waals surface area contributed by atoms with Gasteiger partial charge in [0.25, 0.3) is 0 Å². The number of rotatable bonds is 7. The summed E-state index contributed by atoms with van der Waals surface area (Å²) in [6.45, 7) is 10.9. The van der Waals surface area contributed by atoms with E-state index in [1.54, 1.807) is 0 Å². The van der Waals surface area contributed by atoms with Crippen LogP contribution in [0.5, 0.6) is 0 Å². The minimum absolute atomic E-state index is 0.504. The molecule has 0 bridgehead atoms. The van der Waals surface area contributed by atoms with Crippen LogP contribution in [-0.2, 0) is 13.1 Å². The fraction of sp³-hybridized carbons (Fsp3) is 0.625. The number of aromatic nitrogens is 4. The van der Waals surface area contributed by atoms with Gasteiger partial charge in [-0.3, -0.25) is 9.36 Å². The van der Waals surface area contributed by atoms with Crippen LogP contribution in [-0.4, -0.2) is 26.1 Å². The van der Waals surface area contributed by atoms with Gasteiger partial charge >= 0.3 is 0 Å². The maximum absolute atomic E-state index is 5.69. The van der Waals surface area contributed by atoms with Crippen molar-refractivity contribution in [3.8, 4) is 0 Å². The van der Waals surface area contributed by atoms with E-state index in [1.165, 1.54) is 11.4 Å². The number of nitrogens with two attached hydrogens (primary N) is 1. The summed E-state index contributed by atoms with van der Waals surface area (Å²) < 4.78 is 4.23. The standard InChI is InChI=1S/C16H27N5/c1-12-8-14(3)20(18-12)10-16(6-5-7-17)11-21-15(4)9-13(2)19-21/h8-9,16H,5-7,10-11,17H2,1-4H3. The third-order valence-corrected chi connectivity index (χ3v) is 3.89. The molecule has 2 heterocycles. The minimum atomic E-state index is 0.504. The summed E-state index contributed by atoms with van der Waals surface area (Å²) in [7, 11) is 0. The highest BCUT2D eigenvalue weighted by atomic mass is 15.3. The lowest BCUT2D eigenvalue weighted by atomic mass is 10.0. The highest BCUT2D eigenvalue weighted by Crippen LogP contribution is 2.15. The molecule has 116 valence electrons. The van der Waals surface area contributed by atoms with Crippen LogP contribution in [0.4, 0.5) is 0 Å². The van der Waals surface area contributed by atoms with Gasteiger partial charge in [0.2, 0.25) is 0 Å². The SMILES string of the molecule is Cc1cc(C)n(CC(CCCN)Cn2nc(C)cc2C)n1. The van der Waals surface area contributed by atoms with Gasteiger partial charge in [0, 0.05) is 24.5 Å². The lowest BCUT2D eigenvalue weighted by molar-refractivity contribution is 0.321. The molecule has 0 atom stereocenters. The molecule has 5 nitrogen and oxygen atoms in total. The zero-order valence-electron chi connectivity index (χ0n) is 13.6. The van der Waals surface area contributed by atoms with Gasteiger partial charge in [0.1, 0.15) is 0 Å². The first-order chi connectivity index (χ1) is 9.99. The Balaban J connectivity index is 2.10. The molecule has 0 aliphatic carbocycles. The molecule has 21 heavy (non-hydrogen) atoms. The van der Waals surface area contributed by atoms with E-state index in [2.05, 4.69) is 45.5 Å². The third kappa shape index (κ3) is 4.17. The Bertz CT molecular complexity index is 533. The Hall–Kier alpha value is -1.62. The Morgan fingerprint density at radius 1 is 0.952 bits per heavy atom. The van der Waals surface area contributed by atoms with Crippen LogP contribution in [0.15, 0.2) is 12.1 Å². The van der Waals surface area contributed by atoms with Crippen LogP contribution in [0.1, 0.15) is 35.6 Å². The summed E-state index contributed by atoms with van der Waals surface area (Å²) in [4.78, 5) is 0. The molecule has 0 spiro atoms. The van der Waals surface area contributed by atoms with E-state index >= 15 is 0 Å². The van der Waals surface area contributed by atoms with Gasteiger partial charge < -0.3 is 5.73 Å². The summed E-state index contributed by atoms with van der Waals surface area (Å²) >= 11 is 0. The van der Waals surface area contributed by atoms with E-state index in [1.807, 2.05) is 13.8 Å². The number of hydrogen-bond donors (Lipinski definition) is 1. The van der Waals surface area contributed by atoms with Gasteiger partial charge in [-0.2, -0.15) is 10.2 Å². The van der Waals surface area contributed by atoms with Crippen molar-refractivity contribution in [2.75, 3.05) is 6.54 Å². The Morgan fingerprint density at radius 2 is 1.43 bits per heavy atom. The highest BCUT2D eigenvalue weighted by Gasteiger charge is 2.14. The van der Waals surface area contributed by atoms with Crippen LogP contribution < -0.4 is 5.73 Å². The summed E-state index contributed by atoms with van der Waals surface area (Å²) in [6, 6.07) is 4.26. The number of hydrogen-bond acceptors (Lipinski definition) is 3. The van der Waals surface area contributed by atoms with Crippen molar-refractivity contribution in [3.05, 3.63) is 34.9 Å². The van der Waals surface area contributed by atoms with Gasteiger partial charge in [-0.25, -0.2) is 0 Å². The Labute approximate surface area is 127 Å². The molecule has 0 radical (unpaired) electrons. The second kappa shape index (κ2) is 6.89. The summed E-state index contributed by atoms with van der Waals surface area (Å²) in [5.41, 5.74) is 10.3. The van der Waals surface area contributed by atoms with Crippen LogP contribution in [0.2, 0.25) is 0 Å². The van der Waals surface area contributed by atoms with Crippen molar-refractivity contribution >= 4 is 0 Å². The van der Waals surface area contributed by atoms with Gasteiger partial charge in [0.05, 0.1) is 11.4 Å². The predicted octanol–water partition coefficient (Wildman–Crippen LogP) is 2.37. The molecule has 0 aliphatic heterocycles. The molecule has 0 saturated heterocycles. The first-order valence-corrected chi connectivity index (χ1v) is 7.71. The second-order valence-electron chi connectivity index (χ2n) is 6.02. The van der Waals surface area contributed by atoms with E-state index in [0.717, 1.165) is 43.9 Å². The van der Waals surface area contributed by atoms with E-state index < -0.39 is 0 Å². The summed E-state index contributed by atoms with van der Waals surface area (Å²) in [5.74, 6) is 0.504. The van der Waals surface area contributed by atoms with Crippen molar-refractivity contribution in [1.29, 1.82) is 0 Å². The molecule has 0 fully saturated rings. The van der Waals surface area contributed by atoms with Crippen LogP contribution >= 0.6 is 0 Å². The molecule has 0 aliphatic rings. The minimum Gasteiger partial charge on any atom is -0.330 e. The van der Waals surface area contributed by atoms with Crippen molar-refractivity contribution < 1.29 is 0 Å². The van der Waals surface area contributed by atoms with Gasteiger partial charge in [-0.15, -0.1) is 0 Å². The summed E-state index contributed by atoms with van der Waals surface area (Å²) in [5, 5.41) is 9.17. The zero-order chi connectivity index (χ0) is 15.4. The Kier molecular flexibility index (Phi) is 5.17. The maximum Gasteiger partial charge on any atom is 0.0596 e. The maximum atomic E-state index is 5.69. The van der Waals surface area contributed by atoms with E-state index in [9.17, 15) is 0 Å². The van der Waals surface area contributed by atoms with Crippen LogP contribution in [0, 0.1) is 33.6 Å². The monoisotopic (exact) mass is 289 g/mol. The lowest BCUT2D eigenvalue weighted by Crippen LogP contribution is -2.21. The normalized spacial score (nSPS) is 11.5. The average Bonchev–Trinajstić information content (AvgIpc) is 2.89. The van der Waals surface area contributed by atoms with Crippen LogP contribution in [0.3, 0.4) is 0 Å². The van der Waals surface area contributed by atoms with Crippen molar-refractivity contribution in [2.45, 2.75) is 53.6 Å². The van der Waals surface area contributed by atoms with E-state index in [0.29, 0.717) is 5.92 Å². The van der Waals surface area contributed by atoms with Crippen molar-refractivity contribution in [3.63, 3.8) is 0 Å². The number of nitrogens with zero attached hydrogens (tertiary/aromatic N) is 4.